The number of hydrogen-bond donors (Lipinski definition) is 1. The Morgan fingerprint density at radius 2 is 1.79 bits per heavy atom. The molecule has 1 atom stereocenters. The molecule has 1 aromatic heterocycles. The van der Waals surface area contributed by atoms with Crippen molar-refractivity contribution in [2.45, 2.75) is 19.4 Å². The molecule has 3 rings (SSSR count). The summed E-state index contributed by atoms with van der Waals surface area (Å²) in [4.78, 5) is 16.5. The molecular formula is C20H20FN3O4. The Hall–Kier alpha value is -3.42. The first-order valence-corrected chi connectivity index (χ1v) is 8.59. The maximum atomic E-state index is 12.9. The van der Waals surface area contributed by atoms with E-state index < -0.39 is 6.04 Å². The van der Waals surface area contributed by atoms with Crippen LogP contribution < -0.4 is 14.8 Å². The van der Waals surface area contributed by atoms with Gasteiger partial charge in [-0.1, -0.05) is 17.3 Å². The van der Waals surface area contributed by atoms with Crippen LogP contribution in [0.2, 0.25) is 0 Å². The molecule has 0 spiro atoms. The van der Waals surface area contributed by atoms with E-state index >= 15 is 0 Å². The third-order valence-corrected chi connectivity index (χ3v) is 4.08. The zero-order valence-electron chi connectivity index (χ0n) is 15.7. The van der Waals surface area contributed by atoms with Crippen molar-refractivity contribution in [1.29, 1.82) is 0 Å². The van der Waals surface area contributed by atoms with Crippen molar-refractivity contribution in [3.8, 4) is 22.9 Å². The first-order valence-electron chi connectivity index (χ1n) is 8.59. The standard InChI is InChI=1S/C20H20FN3O4/c1-12(22-18(25)8-13-4-6-15(21)7-5-13)20-23-19(24-28-20)14-9-16(26-2)11-17(10-14)27-3/h4-7,9-12H,8H2,1-3H3,(H,22,25). The predicted molar refractivity (Wildman–Crippen MR) is 99.5 cm³/mol. The molecule has 7 nitrogen and oxygen atoms in total. The van der Waals surface area contributed by atoms with Gasteiger partial charge in [-0.2, -0.15) is 4.98 Å². The van der Waals surface area contributed by atoms with Crippen LogP contribution in [0.4, 0.5) is 4.39 Å². The number of methoxy groups -OCH3 is 2. The molecule has 1 amide bonds. The van der Waals surface area contributed by atoms with E-state index in [0.29, 0.717) is 28.5 Å². The minimum Gasteiger partial charge on any atom is -0.497 e. The summed E-state index contributed by atoms with van der Waals surface area (Å²) in [7, 11) is 3.11. The fourth-order valence-corrected chi connectivity index (χ4v) is 2.61. The van der Waals surface area contributed by atoms with E-state index in [-0.39, 0.29) is 24.0 Å². The van der Waals surface area contributed by atoms with Gasteiger partial charge in [0, 0.05) is 11.6 Å². The van der Waals surface area contributed by atoms with E-state index in [0.717, 1.165) is 0 Å². The second kappa shape index (κ2) is 8.51. The smallest absolute Gasteiger partial charge is 0.249 e. The molecule has 8 heteroatoms. The van der Waals surface area contributed by atoms with Crippen LogP contribution in [0.5, 0.6) is 11.5 Å². The Labute approximate surface area is 161 Å². The Bertz CT molecular complexity index is 934. The lowest BCUT2D eigenvalue weighted by Crippen LogP contribution is -2.28. The summed E-state index contributed by atoms with van der Waals surface area (Å²) >= 11 is 0. The lowest BCUT2D eigenvalue weighted by molar-refractivity contribution is -0.121. The molecule has 28 heavy (non-hydrogen) atoms. The maximum absolute atomic E-state index is 12.9. The average molecular weight is 385 g/mol. The summed E-state index contributed by atoms with van der Waals surface area (Å²) in [5, 5.41) is 6.76. The number of hydrogen-bond acceptors (Lipinski definition) is 6. The Morgan fingerprint density at radius 1 is 1.14 bits per heavy atom. The van der Waals surface area contributed by atoms with Crippen molar-refractivity contribution in [3.63, 3.8) is 0 Å². The van der Waals surface area contributed by atoms with Crippen LogP contribution in [0.15, 0.2) is 47.0 Å². The van der Waals surface area contributed by atoms with Gasteiger partial charge in [0.25, 0.3) is 0 Å². The van der Waals surface area contributed by atoms with Crippen LogP contribution in [0, 0.1) is 5.82 Å². The van der Waals surface area contributed by atoms with Crippen molar-refractivity contribution in [3.05, 3.63) is 59.7 Å². The number of carbonyl (C=O) groups excluding carboxylic acids is 1. The first-order chi connectivity index (χ1) is 13.5. The molecule has 146 valence electrons. The van der Waals surface area contributed by atoms with Gasteiger partial charge in [-0.05, 0) is 36.8 Å². The number of aromatic nitrogens is 2. The van der Waals surface area contributed by atoms with E-state index in [9.17, 15) is 9.18 Å². The normalized spacial score (nSPS) is 11.7. The highest BCUT2D eigenvalue weighted by atomic mass is 19.1. The quantitative estimate of drug-likeness (QED) is 0.671. The number of ether oxygens (including phenoxy) is 2. The van der Waals surface area contributed by atoms with Crippen LogP contribution in [-0.4, -0.2) is 30.3 Å². The third kappa shape index (κ3) is 4.64. The third-order valence-electron chi connectivity index (χ3n) is 4.08. The molecule has 2 aromatic carbocycles. The monoisotopic (exact) mass is 385 g/mol. The van der Waals surface area contributed by atoms with Crippen LogP contribution in [-0.2, 0) is 11.2 Å². The van der Waals surface area contributed by atoms with Crippen LogP contribution in [0.25, 0.3) is 11.4 Å². The Kier molecular flexibility index (Phi) is 5.88. The number of nitrogens with one attached hydrogen (secondary N) is 1. The molecule has 0 aliphatic heterocycles. The average Bonchev–Trinajstić information content (AvgIpc) is 3.19. The number of nitrogens with zero attached hydrogens (tertiary/aromatic N) is 2. The number of benzene rings is 2. The zero-order valence-corrected chi connectivity index (χ0v) is 15.7. The van der Waals surface area contributed by atoms with Crippen LogP contribution in [0.1, 0.15) is 24.4 Å². The molecule has 0 saturated carbocycles. The van der Waals surface area contributed by atoms with E-state index in [1.54, 1.807) is 51.5 Å². The van der Waals surface area contributed by atoms with E-state index in [1.807, 2.05) is 0 Å². The summed E-state index contributed by atoms with van der Waals surface area (Å²) < 4.78 is 28.7. The highest BCUT2D eigenvalue weighted by Gasteiger charge is 2.18. The molecule has 0 fully saturated rings. The molecule has 0 aliphatic rings. The summed E-state index contributed by atoms with van der Waals surface area (Å²) in [6.07, 6.45) is 0.124. The lowest BCUT2D eigenvalue weighted by Gasteiger charge is -2.09. The zero-order chi connectivity index (χ0) is 20.1. The minimum atomic E-state index is -0.485. The molecule has 0 bridgehead atoms. The number of halogens is 1. The Morgan fingerprint density at radius 3 is 2.39 bits per heavy atom. The van der Waals surface area contributed by atoms with Crippen molar-refractivity contribution in [2.24, 2.45) is 0 Å². The fraction of sp³-hybridized carbons (Fsp3) is 0.250. The van der Waals surface area contributed by atoms with Gasteiger partial charge in [-0.15, -0.1) is 0 Å². The SMILES string of the molecule is COc1cc(OC)cc(-c2noc(C(C)NC(=O)Cc3ccc(F)cc3)n2)c1. The maximum Gasteiger partial charge on any atom is 0.249 e. The van der Waals surface area contributed by atoms with Crippen molar-refractivity contribution >= 4 is 5.91 Å². The Balaban J connectivity index is 1.69. The van der Waals surface area contributed by atoms with Gasteiger partial charge in [0.15, 0.2) is 0 Å². The van der Waals surface area contributed by atoms with Gasteiger partial charge < -0.3 is 19.3 Å². The van der Waals surface area contributed by atoms with E-state index in [1.165, 1.54) is 12.1 Å². The van der Waals surface area contributed by atoms with E-state index in [2.05, 4.69) is 15.5 Å². The minimum absolute atomic E-state index is 0.124. The first kappa shape index (κ1) is 19.3. The van der Waals surface area contributed by atoms with Crippen LogP contribution >= 0.6 is 0 Å². The fourth-order valence-electron chi connectivity index (χ4n) is 2.61. The molecule has 1 unspecified atom stereocenters. The van der Waals surface area contributed by atoms with E-state index in [4.69, 9.17) is 14.0 Å². The molecule has 1 N–H and O–H groups in total. The molecule has 0 saturated heterocycles. The van der Waals surface area contributed by atoms with Gasteiger partial charge in [-0.3, -0.25) is 4.79 Å². The highest BCUT2D eigenvalue weighted by molar-refractivity contribution is 5.78. The summed E-state index contributed by atoms with van der Waals surface area (Å²) in [6, 6.07) is 10.5. The van der Waals surface area contributed by atoms with Crippen molar-refractivity contribution in [2.75, 3.05) is 14.2 Å². The van der Waals surface area contributed by atoms with Crippen molar-refractivity contribution in [1.82, 2.24) is 15.5 Å². The topological polar surface area (TPSA) is 86.5 Å². The van der Waals surface area contributed by atoms with Crippen LogP contribution in [0.3, 0.4) is 0 Å². The van der Waals surface area contributed by atoms with Crippen molar-refractivity contribution < 1.29 is 23.2 Å². The summed E-state index contributed by atoms with van der Waals surface area (Å²) in [5.41, 5.74) is 1.37. The second-order valence-electron chi connectivity index (χ2n) is 6.15. The molecule has 0 radical (unpaired) electrons. The molecule has 0 aliphatic carbocycles. The predicted octanol–water partition coefficient (Wildman–Crippen LogP) is 3.31. The largest absolute Gasteiger partial charge is 0.497 e. The second-order valence-corrected chi connectivity index (χ2v) is 6.15. The van der Waals surface area contributed by atoms with Gasteiger partial charge in [0.1, 0.15) is 23.4 Å². The molecule has 3 aromatic rings. The lowest BCUT2D eigenvalue weighted by atomic mass is 10.1. The van der Waals surface area contributed by atoms with Gasteiger partial charge in [-0.25, -0.2) is 4.39 Å². The molecule has 1 heterocycles. The summed E-state index contributed by atoms with van der Waals surface area (Å²) in [5.74, 6) is 1.24. The number of rotatable bonds is 7. The van der Waals surface area contributed by atoms with Gasteiger partial charge in [0.05, 0.1) is 20.6 Å². The number of carbonyl (C=O) groups is 1. The summed E-state index contributed by atoms with van der Waals surface area (Å²) in [6.45, 7) is 1.74. The molecular weight excluding hydrogens is 365 g/mol. The highest BCUT2D eigenvalue weighted by Crippen LogP contribution is 2.28. The van der Waals surface area contributed by atoms with Gasteiger partial charge >= 0.3 is 0 Å². The number of amides is 1. The van der Waals surface area contributed by atoms with Gasteiger partial charge in [0.2, 0.25) is 17.6 Å².